The largest absolute Gasteiger partial charge is 0.452 e. The number of hydrogen-bond acceptors (Lipinski definition) is 7. The first-order valence-electron chi connectivity index (χ1n) is 6.53. The molecule has 0 aliphatic rings. The van der Waals surface area contributed by atoms with E-state index in [2.05, 4.69) is 10.5 Å². The van der Waals surface area contributed by atoms with E-state index >= 15 is 0 Å². The van der Waals surface area contributed by atoms with Crippen molar-refractivity contribution in [3.05, 3.63) is 51.4 Å². The fraction of sp³-hybridized carbons (Fsp3) is 0.214. The molecular formula is C14H13N3O6. The van der Waals surface area contributed by atoms with Gasteiger partial charge in [0, 0.05) is 17.8 Å². The lowest BCUT2D eigenvalue weighted by atomic mass is 10.2. The normalized spacial score (nSPS) is 10.2. The number of nitrogens with zero attached hydrogens (tertiary/aromatic N) is 2. The van der Waals surface area contributed by atoms with Crippen LogP contribution in [0.4, 0.5) is 11.4 Å². The molecule has 120 valence electrons. The molecule has 1 aromatic carbocycles. The van der Waals surface area contributed by atoms with Gasteiger partial charge in [0.2, 0.25) is 0 Å². The molecule has 2 rings (SSSR count). The minimum atomic E-state index is -0.708. The molecule has 0 spiro atoms. The smallest absolute Gasteiger partial charge is 0.344 e. The first-order chi connectivity index (χ1) is 10.9. The zero-order valence-corrected chi connectivity index (χ0v) is 12.4. The first kappa shape index (κ1) is 16.1. The Morgan fingerprint density at radius 2 is 1.96 bits per heavy atom. The maximum absolute atomic E-state index is 11.8. The Morgan fingerprint density at radius 3 is 2.48 bits per heavy atom. The summed E-state index contributed by atoms with van der Waals surface area (Å²) in [6.07, 6.45) is 0. The van der Waals surface area contributed by atoms with Crippen molar-refractivity contribution >= 4 is 23.3 Å². The van der Waals surface area contributed by atoms with E-state index < -0.39 is 23.4 Å². The Kier molecular flexibility index (Phi) is 4.69. The summed E-state index contributed by atoms with van der Waals surface area (Å²) >= 11 is 0. The fourth-order valence-electron chi connectivity index (χ4n) is 1.84. The van der Waals surface area contributed by atoms with Gasteiger partial charge in [0.25, 0.3) is 11.6 Å². The molecular weight excluding hydrogens is 306 g/mol. The van der Waals surface area contributed by atoms with Gasteiger partial charge < -0.3 is 14.6 Å². The summed E-state index contributed by atoms with van der Waals surface area (Å²) < 4.78 is 9.73. The average Bonchev–Trinajstić information content (AvgIpc) is 2.84. The molecule has 1 N–H and O–H groups in total. The summed E-state index contributed by atoms with van der Waals surface area (Å²) in [4.78, 5) is 33.5. The van der Waals surface area contributed by atoms with E-state index in [1.807, 2.05) is 0 Å². The number of ether oxygens (including phenoxy) is 1. The number of rotatable bonds is 5. The minimum Gasteiger partial charge on any atom is -0.452 e. The van der Waals surface area contributed by atoms with Crippen molar-refractivity contribution in [3.8, 4) is 0 Å². The Labute approximate surface area is 130 Å². The number of non-ortho nitro benzene ring substituents is 1. The van der Waals surface area contributed by atoms with Crippen molar-refractivity contribution in [2.24, 2.45) is 0 Å². The van der Waals surface area contributed by atoms with Gasteiger partial charge in [-0.1, -0.05) is 5.16 Å². The van der Waals surface area contributed by atoms with Gasteiger partial charge in [-0.25, -0.2) is 4.79 Å². The van der Waals surface area contributed by atoms with Gasteiger partial charge in [-0.05, 0) is 26.0 Å². The third-order valence-corrected chi connectivity index (χ3v) is 2.93. The van der Waals surface area contributed by atoms with Crippen LogP contribution in [0.1, 0.15) is 21.8 Å². The number of esters is 1. The van der Waals surface area contributed by atoms with E-state index in [1.54, 1.807) is 13.8 Å². The summed E-state index contributed by atoms with van der Waals surface area (Å²) in [6, 6.07) is 5.27. The van der Waals surface area contributed by atoms with E-state index in [0.29, 0.717) is 17.1 Å². The average molecular weight is 319 g/mol. The maximum Gasteiger partial charge on any atom is 0.344 e. The third kappa shape index (κ3) is 3.90. The maximum atomic E-state index is 11.8. The molecule has 0 saturated heterocycles. The number of carbonyl (C=O) groups is 2. The Balaban J connectivity index is 1.90. The molecule has 1 heterocycles. The molecule has 9 nitrogen and oxygen atoms in total. The molecule has 0 unspecified atom stereocenters. The lowest BCUT2D eigenvalue weighted by molar-refractivity contribution is -0.384. The van der Waals surface area contributed by atoms with Crippen LogP contribution >= 0.6 is 0 Å². The molecule has 0 fully saturated rings. The van der Waals surface area contributed by atoms with Gasteiger partial charge in [0.05, 0.1) is 10.6 Å². The number of carbonyl (C=O) groups excluding carboxylic acids is 2. The molecule has 0 aliphatic carbocycles. The van der Waals surface area contributed by atoms with Crippen molar-refractivity contribution in [1.82, 2.24) is 5.16 Å². The quantitative estimate of drug-likeness (QED) is 0.507. The van der Waals surface area contributed by atoms with Crippen LogP contribution in [-0.4, -0.2) is 28.6 Å². The van der Waals surface area contributed by atoms with Gasteiger partial charge in [-0.15, -0.1) is 0 Å². The standard InChI is InChI=1S/C14H13N3O6/c1-8-13(9(2)23-16-8)14(19)22-7-12(18)15-10-3-5-11(6-4-10)17(20)21/h3-6H,7H2,1-2H3,(H,15,18). The topological polar surface area (TPSA) is 125 Å². The van der Waals surface area contributed by atoms with E-state index in [1.165, 1.54) is 24.3 Å². The van der Waals surface area contributed by atoms with Crippen molar-refractivity contribution in [2.45, 2.75) is 13.8 Å². The predicted molar refractivity (Wildman–Crippen MR) is 78.0 cm³/mol. The van der Waals surface area contributed by atoms with Crippen LogP contribution in [-0.2, 0) is 9.53 Å². The van der Waals surface area contributed by atoms with Crippen molar-refractivity contribution < 1.29 is 23.8 Å². The Morgan fingerprint density at radius 1 is 1.30 bits per heavy atom. The summed E-state index contributed by atoms with van der Waals surface area (Å²) in [6.45, 7) is 2.65. The highest BCUT2D eigenvalue weighted by Crippen LogP contribution is 2.16. The SMILES string of the molecule is Cc1noc(C)c1C(=O)OCC(=O)Nc1ccc([N+](=O)[O-])cc1. The Bertz CT molecular complexity index is 731. The highest BCUT2D eigenvalue weighted by Gasteiger charge is 2.20. The van der Waals surface area contributed by atoms with Gasteiger partial charge >= 0.3 is 5.97 Å². The summed E-state index contributed by atoms with van der Waals surface area (Å²) in [5.41, 5.74) is 0.832. The number of aryl methyl sites for hydroxylation is 2. The van der Waals surface area contributed by atoms with Crippen LogP contribution in [0.2, 0.25) is 0 Å². The van der Waals surface area contributed by atoms with Gasteiger partial charge in [0.1, 0.15) is 11.3 Å². The second kappa shape index (κ2) is 6.69. The van der Waals surface area contributed by atoms with Crippen molar-refractivity contribution in [2.75, 3.05) is 11.9 Å². The van der Waals surface area contributed by atoms with Gasteiger partial charge in [-0.3, -0.25) is 14.9 Å². The van der Waals surface area contributed by atoms with E-state index in [4.69, 9.17) is 9.26 Å². The summed E-state index contributed by atoms with van der Waals surface area (Å²) in [5.74, 6) is -0.970. The lowest BCUT2D eigenvalue weighted by Crippen LogP contribution is -2.21. The molecule has 23 heavy (non-hydrogen) atoms. The number of anilines is 1. The highest BCUT2D eigenvalue weighted by atomic mass is 16.6. The van der Waals surface area contributed by atoms with Crippen LogP contribution in [0, 0.1) is 24.0 Å². The number of hydrogen-bond donors (Lipinski definition) is 1. The molecule has 0 atom stereocenters. The van der Waals surface area contributed by atoms with Crippen LogP contribution in [0.5, 0.6) is 0 Å². The molecule has 0 bridgehead atoms. The van der Waals surface area contributed by atoms with Crippen LogP contribution in [0.15, 0.2) is 28.8 Å². The highest BCUT2D eigenvalue weighted by molar-refractivity contribution is 5.96. The molecule has 1 amide bonds. The summed E-state index contributed by atoms with van der Waals surface area (Å²) in [7, 11) is 0. The van der Waals surface area contributed by atoms with Crippen LogP contribution in [0.3, 0.4) is 0 Å². The van der Waals surface area contributed by atoms with Gasteiger partial charge in [-0.2, -0.15) is 0 Å². The van der Waals surface area contributed by atoms with E-state index in [-0.39, 0.29) is 11.3 Å². The predicted octanol–water partition coefficient (Wildman–Crippen LogP) is 2.00. The molecule has 0 saturated carbocycles. The number of aromatic nitrogens is 1. The lowest BCUT2D eigenvalue weighted by Gasteiger charge is -2.06. The first-order valence-corrected chi connectivity index (χ1v) is 6.53. The number of nitro groups is 1. The van der Waals surface area contributed by atoms with E-state index in [0.717, 1.165) is 0 Å². The second-order valence-corrected chi connectivity index (χ2v) is 4.63. The minimum absolute atomic E-state index is 0.0900. The van der Waals surface area contributed by atoms with Crippen molar-refractivity contribution in [3.63, 3.8) is 0 Å². The monoisotopic (exact) mass is 319 g/mol. The Hall–Kier alpha value is -3.23. The van der Waals surface area contributed by atoms with Crippen LogP contribution in [0.25, 0.3) is 0 Å². The molecule has 0 radical (unpaired) electrons. The summed E-state index contributed by atoms with van der Waals surface area (Å²) in [5, 5.41) is 16.6. The third-order valence-electron chi connectivity index (χ3n) is 2.93. The number of benzene rings is 1. The zero-order valence-electron chi connectivity index (χ0n) is 12.4. The van der Waals surface area contributed by atoms with E-state index in [9.17, 15) is 19.7 Å². The zero-order chi connectivity index (χ0) is 17.0. The second-order valence-electron chi connectivity index (χ2n) is 4.63. The molecule has 9 heteroatoms. The number of amides is 1. The van der Waals surface area contributed by atoms with Crippen molar-refractivity contribution in [1.29, 1.82) is 0 Å². The molecule has 2 aromatic rings. The number of nitrogens with one attached hydrogen (secondary N) is 1. The number of nitro benzene ring substituents is 1. The van der Waals surface area contributed by atoms with Gasteiger partial charge in [0.15, 0.2) is 6.61 Å². The molecule has 0 aliphatic heterocycles. The fourth-order valence-corrected chi connectivity index (χ4v) is 1.84. The van der Waals surface area contributed by atoms with Crippen LogP contribution < -0.4 is 5.32 Å². The molecule has 1 aromatic heterocycles.